The topological polar surface area (TPSA) is 63.7 Å². The number of aromatic amines is 1. The van der Waals surface area contributed by atoms with E-state index in [1.807, 2.05) is 6.92 Å². The van der Waals surface area contributed by atoms with Gasteiger partial charge in [-0.3, -0.25) is 0 Å². The molecule has 0 atom stereocenters. The summed E-state index contributed by atoms with van der Waals surface area (Å²) in [6.45, 7) is 5.41. The molecule has 1 rings (SSSR count). The van der Waals surface area contributed by atoms with Gasteiger partial charge in [0.2, 0.25) is 5.82 Å². The molecule has 0 saturated heterocycles. The van der Waals surface area contributed by atoms with Crippen molar-refractivity contribution in [3.63, 3.8) is 0 Å². The summed E-state index contributed by atoms with van der Waals surface area (Å²) in [4.78, 5) is 0. The zero-order chi connectivity index (χ0) is 8.10. The summed E-state index contributed by atoms with van der Waals surface area (Å²) >= 11 is 0. The second-order valence-electron chi connectivity index (χ2n) is 1.75. The normalized spacial score (nSPS) is 10.3. The van der Waals surface area contributed by atoms with Crippen LogP contribution in [0.25, 0.3) is 5.76 Å². The molecule has 0 saturated carbocycles. The quantitative estimate of drug-likeness (QED) is 0.648. The molecule has 5 nitrogen and oxygen atoms in total. The molecule has 0 fully saturated rings. The minimum atomic E-state index is 0.364. The van der Waals surface area contributed by atoms with Gasteiger partial charge in [0.1, 0.15) is 0 Å². The lowest BCUT2D eigenvalue weighted by molar-refractivity contribution is 0.432. The van der Waals surface area contributed by atoms with Crippen molar-refractivity contribution in [1.29, 1.82) is 0 Å². The summed E-state index contributed by atoms with van der Waals surface area (Å²) in [6, 6.07) is 0. The number of nitrogens with one attached hydrogen (secondary N) is 1. The van der Waals surface area contributed by atoms with Crippen LogP contribution >= 0.6 is 0 Å². The Morgan fingerprint density at radius 3 is 3.09 bits per heavy atom. The first-order valence-electron chi connectivity index (χ1n) is 3.05. The van der Waals surface area contributed by atoms with Crippen LogP contribution < -0.4 is 0 Å². The molecule has 1 aromatic heterocycles. The number of nitrogens with zero attached hydrogens (tertiary/aromatic N) is 3. The molecule has 0 aromatic carbocycles. The Bertz CT molecular complexity index is 252. The van der Waals surface area contributed by atoms with E-state index < -0.39 is 0 Å². The maximum absolute atomic E-state index is 4.98. The van der Waals surface area contributed by atoms with Crippen LogP contribution in [0.5, 0.6) is 0 Å². The second kappa shape index (κ2) is 3.50. The van der Waals surface area contributed by atoms with Crippen molar-refractivity contribution >= 4 is 5.76 Å². The lowest BCUT2D eigenvalue weighted by Crippen LogP contribution is -1.87. The fraction of sp³-hybridized carbons (Fsp3) is 0.167. The summed E-state index contributed by atoms with van der Waals surface area (Å²) < 4.78 is 4.98. The molecule has 0 unspecified atom stereocenters. The molecule has 1 N–H and O–H groups in total. The number of H-pyrrole nitrogens is 1. The number of allylic oxidation sites excluding steroid dienone is 1. The highest BCUT2D eigenvalue weighted by Gasteiger charge is 2.01. The van der Waals surface area contributed by atoms with E-state index in [2.05, 4.69) is 27.2 Å². The molecule has 5 heteroatoms. The third kappa shape index (κ3) is 1.89. The van der Waals surface area contributed by atoms with Crippen LogP contribution in [0.1, 0.15) is 12.7 Å². The molecule has 11 heavy (non-hydrogen) atoms. The summed E-state index contributed by atoms with van der Waals surface area (Å²) in [5.41, 5.74) is 0. The first kappa shape index (κ1) is 7.46. The second-order valence-corrected chi connectivity index (χ2v) is 1.75. The van der Waals surface area contributed by atoms with Gasteiger partial charge in [0.15, 0.2) is 5.76 Å². The third-order valence-electron chi connectivity index (χ3n) is 0.941. The van der Waals surface area contributed by atoms with E-state index in [4.69, 9.17) is 4.74 Å². The Morgan fingerprint density at radius 1 is 1.73 bits per heavy atom. The fourth-order valence-electron chi connectivity index (χ4n) is 0.483. The first-order chi connectivity index (χ1) is 5.34. The molecule has 0 amide bonds. The average Bonchev–Trinajstić information content (AvgIpc) is 2.52. The average molecular weight is 152 g/mol. The van der Waals surface area contributed by atoms with Crippen LogP contribution in [0, 0.1) is 0 Å². The van der Waals surface area contributed by atoms with Crippen molar-refractivity contribution in [2.24, 2.45) is 0 Å². The Kier molecular flexibility index (Phi) is 2.37. The van der Waals surface area contributed by atoms with Gasteiger partial charge in [0, 0.05) is 0 Å². The van der Waals surface area contributed by atoms with Crippen LogP contribution in [-0.4, -0.2) is 20.6 Å². The lowest BCUT2D eigenvalue weighted by Gasteiger charge is -1.95. The van der Waals surface area contributed by atoms with Gasteiger partial charge in [0.05, 0.1) is 6.26 Å². The van der Waals surface area contributed by atoms with Crippen LogP contribution in [0.3, 0.4) is 0 Å². The molecule has 0 bridgehead atoms. The zero-order valence-corrected chi connectivity index (χ0v) is 6.11. The van der Waals surface area contributed by atoms with E-state index in [0.29, 0.717) is 11.6 Å². The highest BCUT2D eigenvalue weighted by molar-refractivity contribution is 5.48. The van der Waals surface area contributed by atoms with Crippen LogP contribution in [0.4, 0.5) is 0 Å². The zero-order valence-electron chi connectivity index (χ0n) is 6.11. The first-order valence-corrected chi connectivity index (χ1v) is 3.05. The van der Waals surface area contributed by atoms with Gasteiger partial charge in [-0.25, -0.2) is 0 Å². The Morgan fingerprint density at radius 2 is 2.55 bits per heavy atom. The standard InChI is InChI=1S/C6H8N4O/c1-3-4-11-5(2)6-7-9-10-8-6/h3-4H,2H2,1H3,(H,7,8,9,10)/b4-3-. The van der Waals surface area contributed by atoms with Crippen molar-refractivity contribution in [2.75, 3.05) is 0 Å². The molecule has 0 aliphatic rings. The van der Waals surface area contributed by atoms with Crippen molar-refractivity contribution in [3.8, 4) is 0 Å². The van der Waals surface area contributed by atoms with Gasteiger partial charge < -0.3 is 4.74 Å². The van der Waals surface area contributed by atoms with Gasteiger partial charge in [-0.15, -0.1) is 10.2 Å². The summed E-state index contributed by atoms with van der Waals surface area (Å²) in [6.07, 6.45) is 3.24. The number of hydrogen-bond acceptors (Lipinski definition) is 4. The maximum atomic E-state index is 4.98. The number of rotatable bonds is 3. The molecule has 58 valence electrons. The summed E-state index contributed by atoms with van der Waals surface area (Å²) in [5.74, 6) is 0.736. The van der Waals surface area contributed by atoms with Gasteiger partial charge in [-0.2, -0.15) is 5.21 Å². The number of ether oxygens (including phenoxy) is 1. The predicted molar refractivity (Wildman–Crippen MR) is 39.1 cm³/mol. The van der Waals surface area contributed by atoms with E-state index in [-0.39, 0.29) is 0 Å². The van der Waals surface area contributed by atoms with Gasteiger partial charge in [-0.05, 0) is 12.1 Å². The Balaban J connectivity index is 2.56. The van der Waals surface area contributed by atoms with E-state index in [0.717, 1.165) is 0 Å². The largest absolute Gasteiger partial charge is 0.462 e. The van der Waals surface area contributed by atoms with Gasteiger partial charge in [-0.1, -0.05) is 12.7 Å². The third-order valence-corrected chi connectivity index (χ3v) is 0.941. The fourth-order valence-corrected chi connectivity index (χ4v) is 0.483. The monoisotopic (exact) mass is 152 g/mol. The van der Waals surface area contributed by atoms with Gasteiger partial charge >= 0.3 is 0 Å². The molecule has 0 aliphatic heterocycles. The summed E-state index contributed by atoms with van der Waals surface area (Å²) in [5, 5.41) is 13.0. The minimum Gasteiger partial charge on any atom is -0.462 e. The molecular formula is C6H8N4O. The van der Waals surface area contributed by atoms with Crippen molar-refractivity contribution < 1.29 is 4.74 Å². The number of hydrogen-bond donors (Lipinski definition) is 1. The SMILES string of the molecule is C=C(O/C=C\C)c1nn[nH]n1. The smallest absolute Gasteiger partial charge is 0.239 e. The molecule has 0 aliphatic carbocycles. The van der Waals surface area contributed by atoms with Crippen molar-refractivity contribution in [2.45, 2.75) is 6.92 Å². The Hall–Kier alpha value is -1.65. The number of tetrazole rings is 1. The van der Waals surface area contributed by atoms with Crippen LogP contribution in [-0.2, 0) is 4.74 Å². The van der Waals surface area contributed by atoms with Crippen molar-refractivity contribution in [3.05, 3.63) is 24.7 Å². The van der Waals surface area contributed by atoms with E-state index in [1.54, 1.807) is 6.08 Å². The van der Waals surface area contributed by atoms with Crippen LogP contribution in [0.2, 0.25) is 0 Å². The molecule has 1 aromatic rings. The highest BCUT2D eigenvalue weighted by atomic mass is 16.5. The van der Waals surface area contributed by atoms with Crippen LogP contribution in [0.15, 0.2) is 18.9 Å². The van der Waals surface area contributed by atoms with E-state index in [9.17, 15) is 0 Å². The minimum absolute atomic E-state index is 0.364. The highest BCUT2D eigenvalue weighted by Crippen LogP contribution is 2.05. The van der Waals surface area contributed by atoms with Gasteiger partial charge in [0.25, 0.3) is 0 Å². The van der Waals surface area contributed by atoms with E-state index in [1.165, 1.54) is 6.26 Å². The molecule has 0 spiro atoms. The molecule has 1 heterocycles. The molecular weight excluding hydrogens is 144 g/mol. The maximum Gasteiger partial charge on any atom is 0.239 e. The Labute approximate surface area is 63.8 Å². The predicted octanol–water partition coefficient (Wildman–Crippen LogP) is 0.721. The van der Waals surface area contributed by atoms with Crippen molar-refractivity contribution in [1.82, 2.24) is 20.6 Å². The number of aromatic nitrogens is 4. The molecule has 0 radical (unpaired) electrons. The van der Waals surface area contributed by atoms with E-state index >= 15 is 0 Å². The lowest BCUT2D eigenvalue weighted by atomic mass is 10.5. The summed E-state index contributed by atoms with van der Waals surface area (Å²) in [7, 11) is 0.